The van der Waals surface area contributed by atoms with Crippen molar-refractivity contribution >= 4 is 11.6 Å². The van der Waals surface area contributed by atoms with Crippen molar-refractivity contribution in [2.75, 3.05) is 0 Å². The highest BCUT2D eigenvalue weighted by atomic mass is 19.1. The molecule has 0 saturated carbocycles. The molecule has 100 valence electrons. The third kappa shape index (κ3) is 2.36. The molecule has 1 aromatic rings. The molecule has 6 heteroatoms. The predicted molar refractivity (Wildman–Crippen MR) is 68.6 cm³/mol. The van der Waals surface area contributed by atoms with Crippen LogP contribution in [-0.4, -0.2) is 11.6 Å². The fraction of sp³-hybridized carbons (Fsp3) is 0.286. The zero-order chi connectivity index (χ0) is 14.7. The zero-order valence-electron chi connectivity index (χ0n) is 10.7. The van der Waals surface area contributed by atoms with Gasteiger partial charge in [0.15, 0.2) is 0 Å². The van der Waals surface area contributed by atoms with Crippen molar-refractivity contribution < 1.29 is 9.18 Å². The Balaban J connectivity index is 2.48. The van der Waals surface area contributed by atoms with E-state index in [0.717, 1.165) is 0 Å². The van der Waals surface area contributed by atoms with E-state index in [1.54, 1.807) is 6.92 Å². The quantitative estimate of drug-likeness (QED) is 0.906. The van der Waals surface area contributed by atoms with Crippen molar-refractivity contribution in [3.05, 3.63) is 35.6 Å². The number of rotatable bonds is 3. The minimum Gasteiger partial charge on any atom is -0.272 e. The first-order valence-corrected chi connectivity index (χ1v) is 5.97. The number of halogens is 1. The number of hydrogen-bond donors (Lipinski definition) is 1. The van der Waals surface area contributed by atoms with E-state index >= 15 is 0 Å². The predicted octanol–water partition coefficient (Wildman–Crippen LogP) is 1.69. The number of benzene rings is 1. The van der Waals surface area contributed by atoms with E-state index in [2.05, 4.69) is 10.5 Å². The van der Waals surface area contributed by atoms with E-state index < -0.39 is 23.6 Å². The second-order valence-electron chi connectivity index (χ2n) is 4.52. The summed E-state index contributed by atoms with van der Waals surface area (Å²) in [4.78, 5) is 11.9. The number of amides is 1. The van der Waals surface area contributed by atoms with Crippen LogP contribution in [0.15, 0.2) is 29.4 Å². The summed E-state index contributed by atoms with van der Waals surface area (Å²) in [5.41, 5.74) is 3.42. The summed E-state index contributed by atoms with van der Waals surface area (Å²) in [7, 11) is 0. The molecule has 1 aliphatic heterocycles. The maximum Gasteiger partial charge on any atom is 0.249 e. The van der Waals surface area contributed by atoms with Gasteiger partial charge in [-0.1, -0.05) is 12.1 Å². The van der Waals surface area contributed by atoms with Crippen molar-refractivity contribution in [1.82, 2.24) is 5.43 Å². The highest BCUT2D eigenvalue weighted by Gasteiger charge is 2.40. The van der Waals surface area contributed by atoms with Gasteiger partial charge >= 0.3 is 0 Å². The molecule has 0 saturated heterocycles. The van der Waals surface area contributed by atoms with Gasteiger partial charge in [0.25, 0.3) is 0 Å². The van der Waals surface area contributed by atoms with Crippen LogP contribution in [0.4, 0.5) is 4.39 Å². The van der Waals surface area contributed by atoms with Gasteiger partial charge in [0, 0.05) is 11.6 Å². The van der Waals surface area contributed by atoms with Gasteiger partial charge < -0.3 is 0 Å². The van der Waals surface area contributed by atoms with Crippen LogP contribution in [0.1, 0.15) is 18.4 Å². The molecule has 0 fully saturated rings. The third-order valence-corrected chi connectivity index (χ3v) is 3.33. The summed E-state index contributed by atoms with van der Waals surface area (Å²) >= 11 is 0. The third-order valence-electron chi connectivity index (χ3n) is 3.33. The lowest BCUT2D eigenvalue weighted by molar-refractivity contribution is -0.122. The van der Waals surface area contributed by atoms with Crippen molar-refractivity contribution in [1.29, 1.82) is 10.5 Å². The van der Waals surface area contributed by atoms with Crippen LogP contribution < -0.4 is 5.43 Å². The maximum absolute atomic E-state index is 13.0. The van der Waals surface area contributed by atoms with Gasteiger partial charge in [0.2, 0.25) is 5.91 Å². The van der Waals surface area contributed by atoms with Gasteiger partial charge in [-0.05, 0) is 24.6 Å². The normalized spacial score (nSPS) is 18.9. The number of hydrogen-bond acceptors (Lipinski definition) is 4. The summed E-state index contributed by atoms with van der Waals surface area (Å²) in [6.45, 7) is 1.66. The van der Waals surface area contributed by atoms with Crippen LogP contribution in [0, 0.1) is 40.3 Å². The lowest BCUT2D eigenvalue weighted by Gasteiger charge is -2.23. The first-order chi connectivity index (χ1) is 9.58. The minimum absolute atomic E-state index is 0.354. The summed E-state index contributed by atoms with van der Waals surface area (Å²) in [6, 6.07) is 9.25. The van der Waals surface area contributed by atoms with Crippen LogP contribution >= 0.6 is 0 Å². The van der Waals surface area contributed by atoms with E-state index in [4.69, 9.17) is 10.5 Å². The lowest BCUT2D eigenvalue weighted by Crippen LogP contribution is -2.32. The SMILES string of the molecule is CC1=NNC(=O)[C@@H]1[C@@H](c1ccc(F)cc1)C(C#N)C#N. The molecule has 20 heavy (non-hydrogen) atoms. The van der Waals surface area contributed by atoms with Gasteiger partial charge in [-0.2, -0.15) is 15.6 Å². The number of hydrazone groups is 1. The number of carbonyl (C=O) groups is 1. The fourth-order valence-corrected chi connectivity index (χ4v) is 2.35. The molecule has 1 N–H and O–H groups in total. The Kier molecular flexibility index (Phi) is 3.76. The molecule has 2 rings (SSSR count). The van der Waals surface area contributed by atoms with Gasteiger partial charge in [-0.25, -0.2) is 9.82 Å². The van der Waals surface area contributed by atoms with Crippen molar-refractivity contribution in [2.24, 2.45) is 16.9 Å². The number of nitrogens with zero attached hydrogens (tertiary/aromatic N) is 3. The van der Waals surface area contributed by atoms with Crippen LogP contribution in [0.5, 0.6) is 0 Å². The Bertz CT molecular complexity index is 625. The van der Waals surface area contributed by atoms with Crippen LogP contribution in [0.3, 0.4) is 0 Å². The van der Waals surface area contributed by atoms with Crippen molar-refractivity contribution in [3.63, 3.8) is 0 Å². The molecule has 0 unspecified atom stereocenters. The Morgan fingerprint density at radius 1 is 1.30 bits per heavy atom. The van der Waals surface area contributed by atoms with E-state index in [1.165, 1.54) is 24.3 Å². The molecule has 0 aliphatic carbocycles. The molecule has 5 nitrogen and oxygen atoms in total. The van der Waals surface area contributed by atoms with E-state index in [9.17, 15) is 9.18 Å². The maximum atomic E-state index is 13.0. The molecule has 1 heterocycles. The van der Waals surface area contributed by atoms with Crippen molar-refractivity contribution in [2.45, 2.75) is 12.8 Å². The average molecular weight is 270 g/mol. The van der Waals surface area contributed by atoms with E-state index in [-0.39, 0.29) is 5.91 Å². The monoisotopic (exact) mass is 270 g/mol. The first-order valence-electron chi connectivity index (χ1n) is 5.97. The summed E-state index contributed by atoms with van der Waals surface area (Å²) in [5.74, 6) is -3.15. The fourth-order valence-electron chi connectivity index (χ4n) is 2.35. The van der Waals surface area contributed by atoms with Gasteiger partial charge in [-0.3, -0.25) is 4.79 Å². The Hall–Kier alpha value is -2.73. The first kappa shape index (κ1) is 13.7. The number of nitrogens with one attached hydrogen (secondary N) is 1. The molecule has 1 amide bonds. The van der Waals surface area contributed by atoms with Gasteiger partial charge in [0.05, 0.1) is 18.1 Å². The topological polar surface area (TPSA) is 89.0 Å². The summed E-state index contributed by atoms with van der Waals surface area (Å²) in [6.07, 6.45) is 0. The largest absolute Gasteiger partial charge is 0.272 e. The smallest absolute Gasteiger partial charge is 0.249 e. The number of carbonyl (C=O) groups excluding carboxylic acids is 1. The summed E-state index contributed by atoms with van der Waals surface area (Å²) in [5, 5.41) is 22.1. The van der Waals surface area contributed by atoms with Gasteiger partial charge in [-0.15, -0.1) is 0 Å². The molecule has 1 aliphatic rings. The van der Waals surface area contributed by atoms with Crippen molar-refractivity contribution in [3.8, 4) is 12.1 Å². The number of nitriles is 2. The Morgan fingerprint density at radius 2 is 1.90 bits per heavy atom. The highest BCUT2D eigenvalue weighted by Crippen LogP contribution is 2.34. The molecule has 1 aromatic carbocycles. The molecule has 0 spiro atoms. The molecular formula is C14H11FN4O. The molecule has 2 atom stereocenters. The van der Waals surface area contributed by atoms with Crippen LogP contribution in [0.25, 0.3) is 0 Å². The van der Waals surface area contributed by atoms with Gasteiger partial charge in [0.1, 0.15) is 11.7 Å². The molecule has 0 bridgehead atoms. The van der Waals surface area contributed by atoms with Crippen LogP contribution in [-0.2, 0) is 4.79 Å². The zero-order valence-corrected chi connectivity index (χ0v) is 10.7. The molecular weight excluding hydrogens is 259 g/mol. The summed E-state index contributed by atoms with van der Waals surface area (Å²) < 4.78 is 13.0. The van der Waals surface area contributed by atoms with Crippen LogP contribution in [0.2, 0.25) is 0 Å². The lowest BCUT2D eigenvalue weighted by atomic mass is 9.76. The average Bonchev–Trinajstić information content (AvgIpc) is 2.77. The standard InChI is InChI=1S/C14H11FN4O/c1-8-12(14(20)19-18-8)13(10(6-16)7-17)9-2-4-11(15)5-3-9/h2-5,10,12-13H,1H3,(H,19,20)/t12-,13-/m0/s1. The molecule has 0 radical (unpaired) electrons. The minimum atomic E-state index is -1.01. The highest BCUT2D eigenvalue weighted by molar-refractivity contribution is 6.07. The second-order valence-corrected chi connectivity index (χ2v) is 4.52. The molecule has 0 aromatic heterocycles. The Morgan fingerprint density at radius 3 is 2.35 bits per heavy atom. The van der Waals surface area contributed by atoms with E-state index in [0.29, 0.717) is 11.3 Å². The van der Waals surface area contributed by atoms with E-state index in [1.807, 2.05) is 12.1 Å². The second kappa shape index (κ2) is 5.50. The Labute approximate surface area is 115 Å².